The number of benzene rings is 1. The van der Waals surface area contributed by atoms with Gasteiger partial charge in [-0.05, 0) is 38.0 Å². The molecule has 1 aromatic rings. The first-order valence-corrected chi connectivity index (χ1v) is 7.77. The number of ether oxygens (including phenoxy) is 1. The minimum atomic E-state index is -0.387. The minimum absolute atomic E-state index is 0.252. The van der Waals surface area contributed by atoms with Crippen molar-refractivity contribution < 1.29 is 14.8 Å². The van der Waals surface area contributed by atoms with Crippen LogP contribution in [-0.2, 0) is 9.53 Å². The molecule has 0 amide bonds. The summed E-state index contributed by atoms with van der Waals surface area (Å²) in [4.78, 5) is 12.1. The molecule has 0 atom stereocenters. The van der Waals surface area contributed by atoms with Crippen LogP contribution in [0, 0.1) is 12.8 Å². The standard InChI is InChI=1S/C18H25NO2/c1-14-6-4-5-7-15(14)8-9-17(20)21-18(2,3)16-10-12-19-13-11-16/h4-9,16,19H,10-13H2,1-3H3/p+1/b9-8+. The van der Waals surface area contributed by atoms with Gasteiger partial charge in [-0.25, -0.2) is 4.79 Å². The summed E-state index contributed by atoms with van der Waals surface area (Å²) in [6, 6.07) is 8.00. The van der Waals surface area contributed by atoms with E-state index in [1.807, 2.05) is 51.1 Å². The highest BCUT2D eigenvalue weighted by atomic mass is 16.6. The zero-order valence-corrected chi connectivity index (χ0v) is 13.3. The molecule has 1 aromatic carbocycles. The maximum atomic E-state index is 12.1. The lowest BCUT2D eigenvalue weighted by Crippen LogP contribution is -2.86. The Kier molecular flexibility index (Phi) is 5.18. The van der Waals surface area contributed by atoms with Crippen molar-refractivity contribution in [2.24, 2.45) is 5.92 Å². The van der Waals surface area contributed by atoms with Gasteiger partial charge in [0.1, 0.15) is 5.60 Å². The van der Waals surface area contributed by atoms with Gasteiger partial charge in [-0.15, -0.1) is 0 Å². The van der Waals surface area contributed by atoms with Gasteiger partial charge in [0.25, 0.3) is 0 Å². The molecular formula is C18H26NO2+. The number of aryl methyl sites for hydroxylation is 1. The van der Waals surface area contributed by atoms with Crippen molar-refractivity contribution in [3.05, 3.63) is 41.5 Å². The van der Waals surface area contributed by atoms with Crippen LogP contribution in [0.15, 0.2) is 30.3 Å². The van der Waals surface area contributed by atoms with Crippen LogP contribution in [0.5, 0.6) is 0 Å². The van der Waals surface area contributed by atoms with Crippen molar-refractivity contribution >= 4 is 12.0 Å². The summed E-state index contributed by atoms with van der Waals surface area (Å²) in [5.74, 6) is 0.205. The van der Waals surface area contributed by atoms with Gasteiger partial charge >= 0.3 is 5.97 Å². The molecule has 0 aliphatic carbocycles. The smallest absolute Gasteiger partial charge is 0.331 e. The number of carbonyl (C=O) groups is 1. The van der Waals surface area contributed by atoms with Crippen LogP contribution in [0.25, 0.3) is 6.08 Å². The molecule has 1 saturated heterocycles. The molecule has 0 bridgehead atoms. The summed E-state index contributed by atoms with van der Waals surface area (Å²) >= 11 is 0. The van der Waals surface area contributed by atoms with Gasteiger partial charge in [0.05, 0.1) is 13.1 Å². The Labute approximate surface area is 127 Å². The predicted molar refractivity (Wildman–Crippen MR) is 84.8 cm³/mol. The number of rotatable bonds is 4. The Morgan fingerprint density at radius 3 is 2.62 bits per heavy atom. The molecule has 3 heteroatoms. The van der Waals surface area contributed by atoms with Crippen molar-refractivity contribution in [2.45, 2.75) is 39.2 Å². The fraction of sp³-hybridized carbons (Fsp3) is 0.500. The summed E-state index contributed by atoms with van der Waals surface area (Å²) in [7, 11) is 0. The normalized spacial score (nSPS) is 17.1. The van der Waals surface area contributed by atoms with Gasteiger partial charge in [0, 0.05) is 24.8 Å². The van der Waals surface area contributed by atoms with Crippen LogP contribution in [0.4, 0.5) is 0 Å². The Morgan fingerprint density at radius 2 is 1.95 bits per heavy atom. The molecule has 0 radical (unpaired) electrons. The van der Waals surface area contributed by atoms with Crippen molar-refractivity contribution in [2.75, 3.05) is 13.1 Å². The van der Waals surface area contributed by atoms with E-state index in [9.17, 15) is 4.79 Å². The van der Waals surface area contributed by atoms with Crippen molar-refractivity contribution in [1.29, 1.82) is 0 Å². The highest BCUT2D eigenvalue weighted by Gasteiger charge is 2.34. The first-order valence-electron chi connectivity index (χ1n) is 7.77. The van der Waals surface area contributed by atoms with Crippen LogP contribution in [-0.4, -0.2) is 24.7 Å². The highest BCUT2D eigenvalue weighted by molar-refractivity contribution is 5.87. The van der Waals surface area contributed by atoms with Gasteiger partial charge in [0.2, 0.25) is 0 Å². The van der Waals surface area contributed by atoms with Gasteiger partial charge in [-0.1, -0.05) is 24.3 Å². The molecular weight excluding hydrogens is 262 g/mol. The predicted octanol–water partition coefficient (Wildman–Crippen LogP) is 2.30. The molecule has 3 nitrogen and oxygen atoms in total. The van der Waals surface area contributed by atoms with E-state index >= 15 is 0 Å². The van der Waals surface area contributed by atoms with E-state index < -0.39 is 0 Å². The second kappa shape index (κ2) is 6.90. The van der Waals surface area contributed by atoms with E-state index in [0.29, 0.717) is 5.92 Å². The van der Waals surface area contributed by atoms with E-state index in [2.05, 4.69) is 5.32 Å². The molecule has 1 fully saturated rings. The van der Waals surface area contributed by atoms with E-state index in [1.165, 1.54) is 0 Å². The van der Waals surface area contributed by atoms with Crippen molar-refractivity contribution in [3.8, 4) is 0 Å². The Morgan fingerprint density at radius 1 is 1.29 bits per heavy atom. The third kappa shape index (κ3) is 4.43. The van der Waals surface area contributed by atoms with Gasteiger partial charge in [-0.3, -0.25) is 0 Å². The second-order valence-corrected chi connectivity index (χ2v) is 6.35. The number of hydrogen-bond acceptors (Lipinski definition) is 2. The molecule has 0 spiro atoms. The monoisotopic (exact) mass is 288 g/mol. The van der Waals surface area contributed by atoms with Crippen LogP contribution in [0.2, 0.25) is 0 Å². The molecule has 114 valence electrons. The van der Waals surface area contributed by atoms with E-state index in [4.69, 9.17) is 4.74 Å². The highest BCUT2D eigenvalue weighted by Crippen LogP contribution is 2.28. The molecule has 0 saturated carbocycles. The Balaban J connectivity index is 1.96. The second-order valence-electron chi connectivity index (χ2n) is 6.35. The molecule has 1 aliphatic heterocycles. The first-order chi connectivity index (χ1) is 9.99. The van der Waals surface area contributed by atoms with E-state index in [1.54, 1.807) is 6.08 Å². The van der Waals surface area contributed by atoms with Crippen LogP contribution in [0.3, 0.4) is 0 Å². The third-order valence-corrected chi connectivity index (χ3v) is 4.37. The lowest BCUT2D eigenvalue weighted by Gasteiger charge is -2.35. The SMILES string of the molecule is Cc1ccccc1/C=C/C(=O)OC(C)(C)C1CC[NH2+]CC1. The number of hydrogen-bond donors (Lipinski definition) is 1. The quantitative estimate of drug-likeness (QED) is 0.682. The maximum absolute atomic E-state index is 12.1. The molecule has 0 aromatic heterocycles. The summed E-state index contributed by atoms with van der Waals surface area (Å²) in [6.07, 6.45) is 5.60. The molecule has 1 heterocycles. The van der Waals surface area contributed by atoms with Gasteiger partial charge in [-0.2, -0.15) is 0 Å². The number of quaternary nitrogens is 1. The Bertz CT molecular complexity index is 514. The Hall–Kier alpha value is -1.61. The first kappa shape index (κ1) is 15.8. The lowest BCUT2D eigenvalue weighted by atomic mass is 9.83. The average Bonchev–Trinajstić information content (AvgIpc) is 2.47. The summed E-state index contributed by atoms with van der Waals surface area (Å²) in [5, 5.41) is 2.33. The number of nitrogens with two attached hydrogens (primary N) is 1. The average molecular weight is 288 g/mol. The van der Waals surface area contributed by atoms with E-state index in [-0.39, 0.29) is 11.6 Å². The number of esters is 1. The van der Waals surface area contributed by atoms with Gasteiger partial charge in [0.15, 0.2) is 0 Å². The molecule has 0 unspecified atom stereocenters. The van der Waals surface area contributed by atoms with Crippen molar-refractivity contribution in [3.63, 3.8) is 0 Å². The fourth-order valence-corrected chi connectivity index (χ4v) is 2.93. The molecule has 1 aliphatic rings. The van der Waals surface area contributed by atoms with Gasteiger partial charge < -0.3 is 10.1 Å². The fourth-order valence-electron chi connectivity index (χ4n) is 2.93. The van der Waals surface area contributed by atoms with Crippen LogP contribution < -0.4 is 5.32 Å². The molecule has 2 N–H and O–H groups in total. The zero-order chi connectivity index (χ0) is 15.3. The molecule has 21 heavy (non-hydrogen) atoms. The summed E-state index contributed by atoms with van der Waals surface area (Å²) in [5.41, 5.74) is 1.82. The van der Waals surface area contributed by atoms with Crippen LogP contribution >= 0.6 is 0 Å². The third-order valence-electron chi connectivity index (χ3n) is 4.37. The van der Waals surface area contributed by atoms with Crippen LogP contribution in [0.1, 0.15) is 37.8 Å². The topological polar surface area (TPSA) is 42.9 Å². The maximum Gasteiger partial charge on any atom is 0.331 e. The van der Waals surface area contributed by atoms with Crippen molar-refractivity contribution in [1.82, 2.24) is 0 Å². The molecule has 2 rings (SSSR count). The number of carbonyl (C=O) groups excluding carboxylic acids is 1. The lowest BCUT2D eigenvalue weighted by molar-refractivity contribution is -0.665. The largest absolute Gasteiger partial charge is 0.456 e. The number of piperidine rings is 1. The minimum Gasteiger partial charge on any atom is -0.456 e. The summed E-state index contributed by atoms with van der Waals surface area (Å²) in [6.45, 7) is 8.36. The summed E-state index contributed by atoms with van der Waals surface area (Å²) < 4.78 is 5.70. The zero-order valence-electron chi connectivity index (χ0n) is 13.3. The van der Waals surface area contributed by atoms with E-state index in [0.717, 1.165) is 37.1 Å².